The lowest BCUT2D eigenvalue weighted by atomic mass is 10.2. The number of carbonyl (C=O) groups is 1. The summed E-state index contributed by atoms with van der Waals surface area (Å²) in [7, 11) is 1.55. The molecule has 0 aromatic heterocycles. The lowest BCUT2D eigenvalue weighted by Gasteiger charge is -2.13. The van der Waals surface area contributed by atoms with Crippen LogP contribution in [0, 0.1) is 5.82 Å². The summed E-state index contributed by atoms with van der Waals surface area (Å²) in [6.07, 6.45) is 0. The van der Waals surface area contributed by atoms with Gasteiger partial charge in [0.05, 0.1) is 5.02 Å². The summed E-state index contributed by atoms with van der Waals surface area (Å²) in [6, 6.07) is 4.27. The monoisotopic (exact) mass is 235 g/mol. The minimum Gasteiger partial charge on any atom is -0.328 e. The number of carbonyl (C=O) groups excluding carboxylic acids is 1. The van der Waals surface area contributed by atoms with Gasteiger partial charge in [0, 0.05) is 13.6 Å². The van der Waals surface area contributed by atoms with E-state index in [4.69, 9.17) is 23.2 Å². The van der Waals surface area contributed by atoms with Gasteiger partial charge in [0.1, 0.15) is 5.82 Å². The number of hydrogen-bond acceptors (Lipinski definition) is 1. The normalized spacial score (nSPS) is 10.0. The highest BCUT2D eigenvalue weighted by Crippen LogP contribution is 2.17. The Hall–Kier alpha value is -0.800. The summed E-state index contributed by atoms with van der Waals surface area (Å²) in [6.45, 7) is 0.308. The second kappa shape index (κ2) is 4.62. The van der Waals surface area contributed by atoms with Crippen molar-refractivity contribution in [3.05, 3.63) is 34.6 Å². The van der Waals surface area contributed by atoms with Crippen molar-refractivity contribution in [2.45, 2.75) is 6.54 Å². The van der Waals surface area contributed by atoms with Crippen molar-refractivity contribution in [1.29, 1.82) is 0 Å². The Morgan fingerprint density at radius 1 is 1.57 bits per heavy atom. The lowest BCUT2D eigenvalue weighted by molar-refractivity contribution is 0.230. The summed E-state index contributed by atoms with van der Waals surface area (Å²) in [5, 5.41) is -0.525. The number of amides is 1. The van der Waals surface area contributed by atoms with Crippen LogP contribution in [-0.2, 0) is 6.54 Å². The summed E-state index contributed by atoms with van der Waals surface area (Å²) in [5.41, 5.74) is 0.730. The van der Waals surface area contributed by atoms with E-state index in [2.05, 4.69) is 0 Å². The maximum atomic E-state index is 12.8. The van der Waals surface area contributed by atoms with Gasteiger partial charge in [0.2, 0.25) is 0 Å². The zero-order chi connectivity index (χ0) is 10.7. The lowest BCUT2D eigenvalue weighted by Crippen LogP contribution is -2.19. The number of halogens is 3. The topological polar surface area (TPSA) is 20.3 Å². The third kappa shape index (κ3) is 2.86. The highest BCUT2D eigenvalue weighted by atomic mass is 35.5. The summed E-state index contributed by atoms with van der Waals surface area (Å²) >= 11 is 10.8. The molecule has 0 saturated heterocycles. The van der Waals surface area contributed by atoms with E-state index in [0.29, 0.717) is 6.54 Å². The Balaban J connectivity index is 2.78. The van der Waals surface area contributed by atoms with Crippen molar-refractivity contribution < 1.29 is 9.18 Å². The van der Waals surface area contributed by atoms with Gasteiger partial charge in [-0.25, -0.2) is 4.39 Å². The van der Waals surface area contributed by atoms with Gasteiger partial charge in [0.25, 0.3) is 0 Å². The van der Waals surface area contributed by atoms with Crippen LogP contribution < -0.4 is 0 Å². The fourth-order valence-electron chi connectivity index (χ4n) is 0.974. The Labute approximate surface area is 91.2 Å². The Kier molecular flexibility index (Phi) is 3.72. The minimum absolute atomic E-state index is 0.0397. The van der Waals surface area contributed by atoms with Crippen molar-refractivity contribution >= 4 is 28.6 Å². The molecule has 0 N–H and O–H groups in total. The van der Waals surface area contributed by atoms with Crippen LogP contribution in [0.3, 0.4) is 0 Å². The summed E-state index contributed by atoms with van der Waals surface area (Å²) < 4.78 is 12.8. The van der Waals surface area contributed by atoms with Gasteiger partial charge in [-0.1, -0.05) is 17.7 Å². The second-order valence-electron chi connectivity index (χ2n) is 2.86. The number of hydrogen-bond donors (Lipinski definition) is 0. The highest BCUT2D eigenvalue weighted by molar-refractivity contribution is 6.62. The Morgan fingerprint density at radius 3 is 2.71 bits per heavy atom. The molecule has 0 heterocycles. The minimum atomic E-state index is -0.564. The van der Waals surface area contributed by atoms with Crippen LogP contribution in [0.15, 0.2) is 18.2 Å². The first kappa shape index (κ1) is 11.3. The fourth-order valence-corrected chi connectivity index (χ4v) is 1.24. The highest BCUT2D eigenvalue weighted by Gasteiger charge is 2.07. The van der Waals surface area contributed by atoms with Gasteiger partial charge >= 0.3 is 5.37 Å². The number of benzene rings is 1. The standard InChI is InChI=1S/C9H8Cl2FNO/c1-13(9(11)14)5-6-2-3-8(12)7(10)4-6/h2-4H,5H2,1H3. The first-order valence-corrected chi connectivity index (χ1v) is 4.61. The quantitative estimate of drug-likeness (QED) is 0.570. The molecule has 0 radical (unpaired) electrons. The van der Waals surface area contributed by atoms with E-state index >= 15 is 0 Å². The zero-order valence-corrected chi connectivity index (χ0v) is 8.94. The molecule has 0 aliphatic heterocycles. The van der Waals surface area contributed by atoms with Gasteiger partial charge in [0.15, 0.2) is 0 Å². The molecule has 0 bridgehead atoms. The van der Waals surface area contributed by atoms with E-state index in [9.17, 15) is 9.18 Å². The smallest absolute Gasteiger partial charge is 0.316 e. The van der Waals surface area contributed by atoms with Crippen molar-refractivity contribution in [1.82, 2.24) is 4.90 Å². The maximum Gasteiger partial charge on any atom is 0.316 e. The Morgan fingerprint density at radius 2 is 2.21 bits per heavy atom. The van der Waals surface area contributed by atoms with Gasteiger partial charge in [-0.05, 0) is 29.3 Å². The van der Waals surface area contributed by atoms with Crippen LogP contribution in [0.2, 0.25) is 5.02 Å². The molecule has 5 heteroatoms. The van der Waals surface area contributed by atoms with Crippen LogP contribution in [0.1, 0.15) is 5.56 Å². The maximum absolute atomic E-state index is 12.8. The van der Waals surface area contributed by atoms with E-state index in [1.807, 2.05) is 0 Å². The molecule has 1 amide bonds. The molecule has 14 heavy (non-hydrogen) atoms. The molecule has 1 aromatic carbocycles. The second-order valence-corrected chi connectivity index (χ2v) is 3.59. The fraction of sp³-hybridized carbons (Fsp3) is 0.222. The molecule has 0 aliphatic rings. The molecule has 0 fully saturated rings. The van der Waals surface area contributed by atoms with Crippen LogP contribution in [-0.4, -0.2) is 17.3 Å². The predicted octanol–water partition coefficient (Wildman–Crippen LogP) is 3.27. The van der Waals surface area contributed by atoms with E-state index in [-0.39, 0.29) is 5.02 Å². The van der Waals surface area contributed by atoms with Crippen molar-refractivity contribution in [3.63, 3.8) is 0 Å². The first-order chi connectivity index (χ1) is 6.50. The van der Waals surface area contributed by atoms with E-state index in [1.54, 1.807) is 13.1 Å². The van der Waals surface area contributed by atoms with Crippen molar-refractivity contribution in [3.8, 4) is 0 Å². The van der Waals surface area contributed by atoms with Gasteiger partial charge in [-0.3, -0.25) is 4.79 Å². The van der Waals surface area contributed by atoms with Crippen LogP contribution >= 0.6 is 23.2 Å². The molecule has 0 spiro atoms. The van der Waals surface area contributed by atoms with Crippen molar-refractivity contribution in [2.24, 2.45) is 0 Å². The third-order valence-corrected chi connectivity index (χ3v) is 2.28. The zero-order valence-electron chi connectivity index (χ0n) is 7.43. The third-order valence-electron chi connectivity index (χ3n) is 1.70. The molecule has 1 aromatic rings. The van der Waals surface area contributed by atoms with E-state index in [0.717, 1.165) is 5.56 Å². The molecular formula is C9H8Cl2FNO. The number of nitrogens with zero attached hydrogens (tertiary/aromatic N) is 1. The largest absolute Gasteiger partial charge is 0.328 e. The van der Waals surface area contributed by atoms with Crippen LogP contribution in [0.5, 0.6) is 0 Å². The van der Waals surface area contributed by atoms with E-state index < -0.39 is 11.2 Å². The van der Waals surface area contributed by atoms with E-state index in [1.165, 1.54) is 17.0 Å². The van der Waals surface area contributed by atoms with Gasteiger partial charge in [-0.2, -0.15) is 0 Å². The van der Waals surface area contributed by atoms with Gasteiger partial charge in [-0.15, -0.1) is 0 Å². The molecule has 0 atom stereocenters. The van der Waals surface area contributed by atoms with Crippen LogP contribution in [0.25, 0.3) is 0 Å². The SMILES string of the molecule is CN(Cc1ccc(F)c(Cl)c1)C(=O)Cl. The van der Waals surface area contributed by atoms with Crippen molar-refractivity contribution in [2.75, 3.05) is 7.05 Å². The molecule has 2 nitrogen and oxygen atoms in total. The molecule has 1 rings (SSSR count). The van der Waals surface area contributed by atoms with Gasteiger partial charge < -0.3 is 4.90 Å². The molecule has 0 unspecified atom stereocenters. The Bertz CT molecular complexity index is 357. The molecular weight excluding hydrogens is 228 g/mol. The summed E-state index contributed by atoms with van der Waals surface area (Å²) in [5.74, 6) is -0.477. The summed E-state index contributed by atoms with van der Waals surface area (Å²) in [4.78, 5) is 12.0. The first-order valence-electron chi connectivity index (χ1n) is 3.85. The number of rotatable bonds is 2. The molecule has 0 saturated carbocycles. The molecule has 76 valence electrons. The predicted molar refractivity (Wildman–Crippen MR) is 54.1 cm³/mol. The average Bonchev–Trinajstić information content (AvgIpc) is 2.11. The molecule has 0 aliphatic carbocycles. The van der Waals surface area contributed by atoms with Crippen LogP contribution in [0.4, 0.5) is 9.18 Å². The average molecular weight is 236 g/mol.